The molecule has 1 N–H and O–H groups in total. The number of pyridine rings is 1. The van der Waals surface area contributed by atoms with Gasteiger partial charge in [0.05, 0.1) is 0 Å². The first-order valence-corrected chi connectivity index (χ1v) is 6.38. The second kappa shape index (κ2) is 6.08. The molecule has 2 heterocycles. The molecule has 0 saturated heterocycles. The lowest BCUT2D eigenvalue weighted by atomic mass is 10.3. The van der Waals surface area contributed by atoms with Gasteiger partial charge in [0.2, 0.25) is 11.9 Å². The van der Waals surface area contributed by atoms with Gasteiger partial charge in [0, 0.05) is 26.3 Å². The summed E-state index contributed by atoms with van der Waals surface area (Å²) in [5.74, 6) is 1.81. The SMILES string of the molecule is CCN(CC)c1nc(NC)nc(-c2ccccn2)n1. The highest BCUT2D eigenvalue weighted by molar-refractivity contribution is 5.53. The van der Waals surface area contributed by atoms with Crippen LogP contribution in [-0.4, -0.2) is 40.1 Å². The number of anilines is 2. The molecule has 100 valence electrons. The van der Waals surface area contributed by atoms with Crippen LogP contribution in [0.15, 0.2) is 24.4 Å². The van der Waals surface area contributed by atoms with E-state index in [2.05, 4.69) is 44.0 Å². The van der Waals surface area contributed by atoms with E-state index in [-0.39, 0.29) is 0 Å². The average Bonchev–Trinajstić information content (AvgIpc) is 2.49. The van der Waals surface area contributed by atoms with E-state index in [1.165, 1.54) is 0 Å². The third-order valence-electron chi connectivity index (χ3n) is 2.79. The summed E-state index contributed by atoms with van der Waals surface area (Å²) >= 11 is 0. The van der Waals surface area contributed by atoms with Crippen molar-refractivity contribution in [1.82, 2.24) is 19.9 Å². The van der Waals surface area contributed by atoms with Crippen molar-refractivity contribution in [2.24, 2.45) is 0 Å². The third-order valence-corrected chi connectivity index (χ3v) is 2.79. The molecular weight excluding hydrogens is 240 g/mol. The zero-order valence-corrected chi connectivity index (χ0v) is 11.5. The van der Waals surface area contributed by atoms with E-state index in [0.717, 1.165) is 18.8 Å². The molecule has 2 rings (SSSR count). The van der Waals surface area contributed by atoms with E-state index in [1.807, 2.05) is 18.2 Å². The van der Waals surface area contributed by atoms with E-state index in [4.69, 9.17) is 0 Å². The van der Waals surface area contributed by atoms with Gasteiger partial charge in [0.15, 0.2) is 5.82 Å². The zero-order valence-electron chi connectivity index (χ0n) is 11.5. The summed E-state index contributed by atoms with van der Waals surface area (Å²) in [4.78, 5) is 19.6. The van der Waals surface area contributed by atoms with Crippen LogP contribution in [0.4, 0.5) is 11.9 Å². The Morgan fingerprint density at radius 3 is 2.47 bits per heavy atom. The van der Waals surface area contributed by atoms with E-state index < -0.39 is 0 Å². The van der Waals surface area contributed by atoms with Gasteiger partial charge in [-0.15, -0.1) is 0 Å². The van der Waals surface area contributed by atoms with Crippen LogP contribution in [0.3, 0.4) is 0 Å². The molecule has 0 radical (unpaired) electrons. The van der Waals surface area contributed by atoms with Crippen LogP contribution in [0.1, 0.15) is 13.8 Å². The highest BCUT2D eigenvalue weighted by atomic mass is 15.3. The van der Waals surface area contributed by atoms with Crippen LogP contribution in [0.25, 0.3) is 11.5 Å². The van der Waals surface area contributed by atoms with Crippen molar-refractivity contribution < 1.29 is 0 Å². The molecule has 0 spiro atoms. The van der Waals surface area contributed by atoms with Gasteiger partial charge in [-0.25, -0.2) is 0 Å². The van der Waals surface area contributed by atoms with Crippen LogP contribution < -0.4 is 10.2 Å². The van der Waals surface area contributed by atoms with Crippen LogP contribution >= 0.6 is 0 Å². The van der Waals surface area contributed by atoms with Crippen LogP contribution in [0.5, 0.6) is 0 Å². The van der Waals surface area contributed by atoms with Gasteiger partial charge < -0.3 is 10.2 Å². The second-order valence-electron chi connectivity index (χ2n) is 3.92. The Labute approximate surface area is 113 Å². The fourth-order valence-corrected chi connectivity index (χ4v) is 1.73. The minimum atomic E-state index is 0.553. The van der Waals surface area contributed by atoms with E-state index >= 15 is 0 Å². The lowest BCUT2D eigenvalue weighted by Crippen LogP contribution is -2.25. The molecule has 0 atom stereocenters. The van der Waals surface area contributed by atoms with Crippen molar-refractivity contribution in [3.63, 3.8) is 0 Å². The van der Waals surface area contributed by atoms with Crippen LogP contribution in [0.2, 0.25) is 0 Å². The summed E-state index contributed by atoms with van der Waals surface area (Å²) in [7, 11) is 1.80. The molecule has 0 aliphatic heterocycles. The van der Waals surface area contributed by atoms with Crippen molar-refractivity contribution in [2.75, 3.05) is 30.4 Å². The maximum Gasteiger partial charge on any atom is 0.230 e. The standard InChI is InChI=1S/C13H18N6/c1-4-19(5-2)13-17-11(16-12(14-3)18-13)10-8-6-7-9-15-10/h6-9H,4-5H2,1-3H3,(H,14,16,17,18). The van der Waals surface area contributed by atoms with Crippen molar-refractivity contribution in [1.29, 1.82) is 0 Å². The molecule has 0 amide bonds. The van der Waals surface area contributed by atoms with Gasteiger partial charge in [-0.05, 0) is 26.0 Å². The molecule has 0 aliphatic carbocycles. The first kappa shape index (κ1) is 13.2. The van der Waals surface area contributed by atoms with Crippen molar-refractivity contribution in [2.45, 2.75) is 13.8 Å². The first-order valence-electron chi connectivity index (χ1n) is 6.38. The molecule has 0 unspecified atom stereocenters. The summed E-state index contributed by atoms with van der Waals surface area (Å²) in [6, 6.07) is 5.68. The lowest BCUT2D eigenvalue weighted by Gasteiger charge is -2.19. The van der Waals surface area contributed by atoms with Crippen LogP contribution in [-0.2, 0) is 0 Å². The Morgan fingerprint density at radius 1 is 1.11 bits per heavy atom. The summed E-state index contributed by atoms with van der Waals surface area (Å²) in [6.45, 7) is 5.86. The zero-order chi connectivity index (χ0) is 13.7. The number of nitrogens with zero attached hydrogens (tertiary/aromatic N) is 5. The number of hydrogen-bond acceptors (Lipinski definition) is 6. The highest BCUT2D eigenvalue weighted by Crippen LogP contribution is 2.17. The number of rotatable bonds is 5. The Hall–Kier alpha value is -2.24. The van der Waals surface area contributed by atoms with Crippen LogP contribution in [0, 0.1) is 0 Å². The number of nitrogens with one attached hydrogen (secondary N) is 1. The minimum Gasteiger partial charge on any atom is -0.357 e. The smallest absolute Gasteiger partial charge is 0.230 e. The maximum absolute atomic E-state index is 4.49. The van der Waals surface area contributed by atoms with Gasteiger partial charge in [-0.3, -0.25) is 4.98 Å². The molecule has 0 aromatic carbocycles. The molecule has 2 aromatic heterocycles. The van der Waals surface area contributed by atoms with Crippen molar-refractivity contribution in [3.8, 4) is 11.5 Å². The maximum atomic E-state index is 4.49. The molecule has 0 saturated carbocycles. The molecule has 6 nitrogen and oxygen atoms in total. The molecule has 19 heavy (non-hydrogen) atoms. The summed E-state index contributed by atoms with van der Waals surface area (Å²) in [6.07, 6.45) is 1.73. The van der Waals surface area contributed by atoms with Gasteiger partial charge in [-0.2, -0.15) is 15.0 Å². The van der Waals surface area contributed by atoms with Crippen molar-refractivity contribution in [3.05, 3.63) is 24.4 Å². The number of aromatic nitrogens is 4. The largest absolute Gasteiger partial charge is 0.357 e. The van der Waals surface area contributed by atoms with Gasteiger partial charge in [0.25, 0.3) is 0 Å². The Kier molecular flexibility index (Phi) is 4.22. The molecule has 0 bridgehead atoms. The van der Waals surface area contributed by atoms with Gasteiger partial charge >= 0.3 is 0 Å². The summed E-state index contributed by atoms with van der Waals surface area (Å²) in [5, 5.41) is 2.96. The molecular formula is C13H18N6. The lowest BCUT2D eigenvalue weighted by molar-refractivity contribution is 0.814. The van der Waals surface area contributed by atoms with Gasteiger partial charge in [-0.1, -0.05) is 6.07 Å². The fourth-order valence-electron chi connectivity index (χ4n) is 1.73. The third kappa shape index (κ3) is 2.96. The molecule has 0 fully saturated rings. The Bertz CT molecular complexity index is 524. The fraction of sp³-hybridized carbons (Fsp3) is 0.385. The first-order chi connectivity index (χ1) is 9.28. The Morgan fingerprint density at radius 2 is 1.89 bits per heavy atom. The second-order valence-corrected chi connectivity index (χ2v) is 3.92. The average molecular weight is 258 g/mol. The quantitative estimate of drug-likeness (QED) is 0.882. The molecule has 2 aromatic rings. The highest BCUT2D eigenvalue weighted by Gasteiger charge is 2.12. The minimum absolute atomic E-state index is 0.553. The predicted octanol–water partition coefficient (Wildman–Crippen LogP) is 1.82. The summed E-state index contributed by atoms with van der Waals surface area (Å²) < 4.78 is 0. The molecule has 6 heteroatoms. The van der Waals surface area contributed by atoms with Crippen molar-refractivity contribution >= 4 is 11.9 Å². The number of hydrogen-bond donors (Lipinski definition) is 1. The normalized spacial score (nSPS) is 10.3. The predicted molar refractivity (Wildman–Crippen MR) is 76.2 cm³/mol. The topological polar surface area (TPSA) is 66.8 Å². The summed E-state index contributed by atoms with van der Waals surface area (Å²) in [5.41, 5.74) is 0.745. The molecule has 0 aliphatic rings. The Balaban J connectivity index is 2.47. The van der Waals surface area contributed by atoms with E-state index in [1.54, 1.807) is 13.2 Å². The van der Waals surface area contributed by atoms with Gasteiger partial charge in [0.1, 0.15) is 5.69 Å². The van der Waals surface area contributed by atoms with E-state index in [0.29, 0.717) is 17.7 Å². The van der Waals surface area contributed by atoms with E-state index in [9.17, 15) is 0 Å². The monoisotopic (exact) mass is 258 g/mol.